The number of aromatic nitrogens is 1. The predicted molar refractivity (Wildman–Crippen MR) is 137 cm³/mol. The minimum atomic E-state index is -0.429. The van der Waals surface area contributed by atoms with Gasteiger partial charge in [0.1, 0.15) is 18.4 Å². The van der Waals surface area contributed by atoms with Gasteiger partial charge in [-0.25, -0.2) is 4.39 Å². The van der Waals surface area contributed by atoms with Crippen LogP contribution in [0.2, 0.25) is 0 Å². The lowest BCUT2D eigenvalue weighted by atomic mass is 9.97. The molecule has 0 aliphatic carbocycles. The van der Waals surface area contributed by atoms with Crippen LogP contribution in [0.5, 0.6) is 0 Å². The number of carbonyl (C=O) groups excluding carboxylic acids is 2. The third-order valence-electron chi connectivity index (χ3n) is 6.67. The highest BCUT2D eigenvalue weighted by atomic mass is 19.1. The normalized spacial score (nSPS) is 14.5. The number of carbonyl (C=O) groups is 2. The van der Waals surface area contributed by atoms with Gasteiger partial charge in [0, 0.05) is 18.7 Å². The van der Waals surface area contributed by atoms with E-state index in [1.54, 1.807) is 21.9 Å². The van der Waals surface area contributed by atoms with E-state index in [-0.39, 0.29) is 30.2 Å². The topological polar surface area (TPSA) is 45.6 Å². The summed E-state index contributed by atoms with van der Waals surface area (Å²) in [7, 11) is 0. The molecule has 35 heavy (non-hydrogen) atoms. The fraction of sp³-hybridized carbons (Fsp3) is 0.379. The molecule has 3 aromatic rings. The molecular formula is C29H34FN3O2. The van der Waals surface area contributed by atoms with Crippen molar-refractivity contribution in [2.45, 2.75) is 65.0 Å². The van der Waals surface area contributed by atoms with E-state index in [1.165, 1.54) is 12.1 Å². The molecule has 0 spiro atoms. The minimum Gasteiger partial charge on any atom is -0.331 e. The van der Waals surface area contributed by atoms with Crippen molar-refractivity contribution in [3.8, 4) is 5.69 Å². The third kappa shape index (κ3) is 5.16. The number of para-hydroxylation sites is 2. The first-order valence-corrected chi connectivity index (χ1v) is 12.6. The van der Waals surface area contributed by atoms with Gasteiger partial charge in [-0.1, -0.05) is 50.5 Å². The van der Waals surface area contributed by atoms with Crippen molar-refractivity contribution in [3.05, 3.63) is 83.9 Å². The van der Waals surface area contributed by atoms with Gasteiger partial charge in [0.15, 0.2) is 0 Å². The van der Waals surface area contributed by atoms with Crippen LogP contribution in [0.15, 0.2) is 66.9 Å². The highest BCUT2D eigenvalue weighted by molar-refractivity contribution is 6.00. The molecule has 1 unspecified atom stereocenters. The fourth-order valence-electron chi connectivity index (χ4n) is 4.85. The molecule has 6 heteroatoms. The summed E-state index contributed by atoms with van der Waals surface area (Å²) in [6.07, 6.45) is 6.51. The van der Waals surface area contributed by atoms with E-state index >= 15 is 0 Å². The Morgan fingerprint density at radius 2 is 1.66 bits per heavy atom. The zero-order chi connectivity index (χ0) is 24.9. The van der Waals surface area contributed by atoms with Gasteiger partial charge >= 0.3 is 0 Å². The van der Waals surface area contributed by atoms with Crippen molar-refractivity contribution in [1.29, 1.82) is 0 Å². The van der Waals surface area contributed by atoms with Crippen LogP contribution in [0.4, 0.5) is 10.1 Å². The van der Waals surface area contributed by atoms with Crippen molar-refractivity contribution in [2.75, 3.05) is 11.4 Å². The zero-order valence-corrected chi connectivity index (χ0v) is 20.8. The van der Waals surface area contributed by atoms with E-state index in [0.717, 1.165) is 48.3 Å². The van der Waals surface area contributed by atoms with Gasteiger partial charge in [-0.2, -0.15) is 0 Å². The molecule has 5 nitrogen and oxygen atoms in total. The molecule has 0 saturated heterocycles. The molecule has 1 aromatic heterocycles. The summed E-state index contributed by atoms with van der Waals surface area (Å²) >= 11 is 0. The van der Waals surface area contributed by atoms with Crippen LogP contribution in [0, 0.1) is 5.82 Å². The number of halogens is 1. The molecule has 0 fully saturated rings. The molecule has 0 saturated carbocycles. The Balaban J connectivity index is 1.69. The molecule has 1 atom stereocenters. The second kappa shape index (κ2) is 10.9. The summed E-state index contributed by atoms with van der Waals surface area (Å²) < 4.78 is 15.8. The number of hydrogen-bond donors (Lipinski definition) is 0. The molecule has 1 aliphatic rings. The molecule has 184 valence electrons. The zero-order valence-electron chi connectivity index (χ0n) is 20.8. The average Bonchev–Trinajstić information content (AvgIpc) is 3.34. The number of anilines is 1. The van der Waals surface area contributed by atoms with E-state index in [4.69, 9.17) is 0 Å². The first-order valence-electron chi connectivity index (χ1n) is 12.6. The number of unbranched alkanes of at least 4 members (excludes halogenated alkanes) is 3. The summed E-state index contributed by atoms with van der Waals surface area (Å²) in [4.78, 5) is 30.5. The van der Waals surface area contributed by atoms with Crippen molar-refractivity contribution >= 4 is 17.5 Å². The number of benzene rings is 2. The van der Waals surface area contributed by atoms with Gasteiger partial charge in [-0.05, 0) is 62.2 Å². The molecule has 4 rings (SSSR count). The Kier molecular flexibility index (Phi) is 7.69. The maximum atomic E-state index is 14.0. The summed E-state index contributed by atoms with van der Waals surface area (Å²) in [5.74, 6) is -0.468. The lowest BCUT2D eigenvalue weighted by molar-refractivity contribution is -0.137. The molecular weight excluding hydrogens is 441 g/mol. The van der Waals surface area contributed by atoms with Gasteiger partial charge in [0.05, 0.1) is 17.1 Å². The predicted octanol–water partition coefficient (Wildman–Crippen LogP) is 6.26. The van der Waals surface area contributed by atoms with Crippen molar-refractivity contribution in [1.82, 2.24) is 9.47 Å². The molecule has 2 amide bonds. The van der Waals surface area contributed by atoms with E-state index in [1.807, 2.05) is 56.4 Å². The van der Waals surface area contributed by atoms with Crippen molar-refractivity contribution in [2.24, 2.45) is 0 Å². The molecule has 2 aromatic carbocycles. The van der Waals surface area contributed by atoms with Crippen molar-refractivity contribution < 1.29 is 14.0 Å². The van der Waals surface area contributed by atoms with Crippen LogP contribution in [-0.4, -0.2) is 33.9 Å². The third-order valence-corrected chi connectivity index (χ3v) is 6.67. The number of hydrogen-bond acceptors (Lipinski definition) is 2. The Morgan fingerprint density at radius 1 is 0.943 bits per heavy atom. The number of fused-ring (bicyclic) bond motifs is 3. The second-order valence-corrected chi connectivity index (χ2v) is 9.44. The maximum absolute atomic E-state index is 14.0. The Labute approximate surface area is 207 Å². The first-order chi connectivity index (χ1) is 16.9. The molecule has 0 radical (unpaired) electrons. The Hall–Kier alpha value is -3.41. The highest BCUT2D eigenvalue weighted by Crippen LogP contribution is 2.42. The van der Waals surface area contributed by atoms with E-state index in [9.17, 15) is 14.0 Å². The summed E-state index contributed by atoms with van der Waals surface area (Å²) in [5.41, 5.74) is 3.41. The average molecular weight is 476 g/mol. The maximum Gasteiger partial charge on any atom is 0.247 e. The lowest BCUT2D eigenvalue weighted by Gasteiger charge is -2.40. The summed E-state index contributed by atoms with van der Waals surface area (Å²) in [6.45, 7) is 6.04. The van der Waals surface area contributed by atoms with Crippen molar-refractivity contribution in [3.63, 3.8) is 0 Å². The van der Waals surface area contributed by atoms with Crippen LogP contribution in [0.25, 0.3) is 5.69 Å². The van der Waals surface area contributed by atoms with Crippen LogP contribution in [0.3, 0.4) is 0 Å². The fourth-order valence-corrected chi connectivity index (χ4v) is 4.85. The van der Waals surface area contributed by atoms with Gasteiger partial charge < -0.3 is 9.47 Å². The Bertz CT molecular complexity index is 1170. The molecule has 0 bridgehead atoms. The van der Waals surface area contributed by atoms with E-state index in [2.05, 4.69) is 11.5 Å². The summed E-state index contributed by atoms with van der Waals surface area (Å²) in [6, 6.07) is 17.5. The monoisotopic (exact) mass is 475 g/mol. The first kappa shape index (κ1) is 24.7. The van der Waals surface area contributed by atoms with Crippen LogP contribution in [-0.2, 0) is 9.59 Å². The molecule has 0 N–H and O–H groups in total. The van der Waals surface area contributed by atoms with Gasteiger partial charge in [-0.3, -0.25) is 14.5 Å². The molecule has 1 aliphatic heterocycles. The van der Waals surface area contributed by atoms with Crippen LogP contribution in [0.1, 0.15) is 70.2 Å². The Morgan fingerprint density at radius 3 is 2.34 bits per heavy atom. The van der Waals surface area contributed by atoms with Gasteiger partial charge in [0.25, 0.3) is 0 Å². The SMILES string of the molecule is CCCCCCC(=O)N(CC(=O)N1c2ccccc2-n2cccc2C1c1ccc(F)cc1)C(C)C. The standard InChI is InChI=1S/C29H34FN3O2/c1-4-5-6-7-14-27(34)32(21(2)3)20-28(35)33-25-12-9-8-11-24(25)31-19-10-13-26(31)29(33)22-15-17-23(30)18-16-22/h8-13,15-19,21,29H,4-7,14,20H2,1-3H3. The highest BCUT2D eigenvalue weighted by Gasteiger charge is 2.37. The number of rotatable bonds is 9. The smallest absolute Gasteiger partial charge is 0.247 e. The minimum absolute atomic E-state index is 0.00296. The molecule has 2 heterocycles. The second-order valence-electron chi connectivity index (χ2n) is 9.44. The van der Waals surface area contributed by atoms with E-state index in [0.29, 0.717) is 6.42 Å². The largest absolute Gasteiger partial charge is 0.331 e. The summed E-state index contributed by atoms with van der Waals surface area (Å²) in [5, 5.41) is 0. The van der Waals surface area contributed by atoms with Gasteiger partial charge in [0.2, 0.25) is 11.8 Å². The lowest BCUT2D eigenvalue weighted by Crippen LogP contribution is -2.48. The quantitative estimate of drug-likeness (QED) is 0.343. The number of amides is 2. The number of nitrogens with zero attached hydrogens (tertiary/aromatic N) is 3. The van der Waals surface area contributed by atoms with Crippen LogP contribution >= 0.6 is 0 Å². The van der Waals surface area contributed by atoms with Gasteiger partial charge in [-0.15, -0.1) is 0 Å². The van der Waals surface area contributed by atoms with E-state index < -0.39 is 6.04 Å². The van der Waals surface area contributed by atoms with Crippen LogP contribution < -0.4 is 4.90 Å².